The third kappa shape index (κ3) is 91.0. The van der Waals surface area contributed by atoms with Crippen LogP contribution in [0, 0.1) is 0 Å². The van der Waals surface area contributed by atoms with Gasteiger partial charge in [0, 0.05) is 19.3 Å². The van der Waals surface area contributed by atoms with Crippen molar-refractivity contribution in [3.05, 3.63) is 194 Å². The average Bonchev–Trinajstić information content (AvgIpc) is 0.891. The van der Waals surface area contributed by atoms with E-state index in [-0.39, 0.29) is 19.3 Å². The number of carbonyl (C=O) groups excluding carboxylic acids is 3. The van der Waals surface area contributed by atoms with Crippen molar-refractivity contribution in [1.82, 2.24) is 0 Å². The molecule has 0 aliphatic rings. The zero-order valence-electron chi connectivity index (χ0n) is 73.3. The van der Waals surface area contributed by atoms with Gasteiger partial charge in [-0.05, 0) is 161 Å². The molecule has 0 aliphatic carbocycles. The van der Waals surface area contributed by atoms with Gasteiger partial charge in [-0.15, -0.1) is 0 Å². The molecule has 16 nitrogen and oxygen atoms in total. The van der Waals surface area contributed by atoms with Gasteiger partial charge in [-0.2, -0.15) is 0 Å². The molecule has 5 atom stereocenters. The van der Waals surface area contributed by atoms with Crippen LogP contribution < -0.4 is 0 Å². The minimum Gasteiger partial charge on any atom is -0.463 e. The molecule has 0 aliphatic heterocycles. The van der Waals surface area contributed by atoms with Crippen molar-refractivity contribution in [2.75, 3.05) is 39.6 Å². The lowest BCUT2D eigenvalue weighted by Crippen LogP contribution is -2.30. The van der Waals surface area contributed by atoms with Crippen molar-refractivity contribution in [2.45, 2.75) is 373 Å². The molecule has 0 saturated heterocycles. The molecule has 666 valence electrons. The summed E-state index contributed by atoms with van der Waals surface area (Å²) in [5.41, 5.74) is 0. The van der Waals surface area contributed by atoms with E-state index in [1.807, 2.05) is 0 Å². The summed E-state index contributed by atoms with van der Waals surface area (Å²) in [5, 5.41) is 20.7. The van der Waals surface area contributed by atoms with Crippen LogP contribution in [0.15, 0.2) is 194 Å². The Balaban J connectivity index is 4.59. The Labute approximate surface area is 712 Å². The number of hydrogen-bond acceptors (Lipinski definition) is 14. The fraction of sp³-hybridized carbons (Fsp3) is 0.646. The van der Waals surface area contributed by atoms with Gasteiger partial charge in [-0.25, -0.2) is 9.13 Å². The van der Waals surface area contributed by atoms with Crippen molar-refractivity contribution in [2.24, 2.45) is 0 Å². The average molecular weight is 1670 g/mol. The molecule has 117 heavy (non-hydrogen) atoms. The largest absolute Gasteiger partial charge is 0.472 e. The van der Waals surface area contributed by atoms with Crippen LogP contribution in [0.4, 0.5) is 0 Å². The normalized spacial score (nSPS) is 14.7. The number of aliphatic hydroxyl groups is 2. The van der Waals surface area contributed by atoms with Gasteiger partial charge in [-0.1, -0.05) is 369 Å². The van der Waals surface area contributed by atoms with E-state index >= 15 is 0 Å². The lowest BCUT2D eigenvalue weighted by molar-refractivity contribution is -0.161. The number of hydrogen-bond donors (Lipinski definition) is 4. The van der Waals surface area contributed by atoms with Crippen molar-refractivity contribution in [3.63, 3.8) is 0 Å². The SMILES string of the molecule is CC/C=C\C/C=C\C/C=C\C/C=C\C/C=C\C/C=C\CCCCCCCCCCCCCCC(=O)OCC(O)COP(=O)(O)OCC(O)COP(=O)(O)OCC(COC(=O)CCCCCCCCCCCCCC/C=C\C/C=C\C/C=C\C/C=C\C/C=C\C/C=C\CC)OC(=O)CCCCCCCC/C=C\C/C=C\C/C=C\C/C=C\CC. The van der Waals surface area contributed by atoms with Gasteiger partial charge in [0.25, 0.3) is 0 Å². The highest BCUT2D eigenvalue weighted by molar-refractivity contribution is 7.47. The second-order valence-electron chi connectivity index (χ2n) is 30.0. The number of esters is 3. The Morgan fingerprint density at radius 3 is 0.675 bits per heavy atom. The molecule has 0 aromatic rings. The minimum absolute atomic E-state index is 0.0826. The first-order chi connectivity index (χ1) is 57.2. The molecule has 0 fully saturated rings. The van der Waals surface area contributed by atoms with Gasteiger partial charge in [0.15, 0.2) is 6.10 Å². The van der Waals surface area contributed by atoms with Gasteiger partial charge < -0.3 is 34.2 Å². The quantitative estimate of drug-likeness (QED) is 0.0146. The standard InChI is InChI=1S/C99H164O16P2/c1-4-7-10-13-16-19-22-25-28-31-34-36-38-40-42-44-46-48-50-52-54-56-59-61-64-67-70-73-76-79-82-85-97(102)109-88-94(100)89-111-116(105,106)112-90-95(101)91-113-117(107,108)114-93-96(115-99(104)87-84-81-78-75-72-69-66-63-58-33-30-27-24-21-18-15-12-9-6-3)92-110-98(103)86-83-80-77-74-71-68-65-62-60-57-55-53-51-49-47-45-43-41-39-37-35-32-29-26-23-20-17-14-11-8-5-2/h7-12,16-21,25-30,34-37,40-43,46-49,58,63,94-96,100-101H,4-6,13-15,22-24,31-33,38-39,44-45,50-57,59-62,64-93H2,1-3H3,(H,105,106)(H,107,108)/b10-7-,11-8-,12-9-,19-16-,20-17-,21-18-,28-25-,29-26-,30-27-,36-34-,37-35-,42-40-,43-41-,48-46-,49-47-,63-58-. The lowest BCUT2D eigenvalue weighted by atomic mass is 10.0. The number of carbonyl (C=O) groups is 3. The van der Waals surface area contributed by atoms with Crippen LogP contribution in [0.1, 0.15) is 355 Å². The molecule has 0 amide bonds. The minimum atomic E-state index is -4.95. The predicted molar refractivity (Wildman–Crippen MR) is 491 cm³/mol. The maximum absolute atomic E-state index is 13.1. The van der Waals surface area contributed by atoms with Crippen molar-refractivity contribution < 1.29 is 75.8 Å². The van der Waals surface area contributed by atoms with Crippen LogP contribution in [-0.2, 0) is 55.8 Å². The predicted octanol–water partition coefficient (Wildman–Crippen LogP) is 28.2. The van der Waals surface area contributed by atoms with Crippen LogP contribution in [0.3, 0.4) is 0 Å². The first-order valence-electron chi connectivity index (χ1n) is 45.7. The van der Waals surface area contributed by atoms with E-state index in [9.17, 15) is 43.5 Å². The highest BCUT2D eigenvalue weighted by atomic mass is 31.2. The molecule has 5 unspecified atom stereocenters. The fourth-order valence-corrected chi connectivity index (χ4v) is 13.6. The summed E-state index contributed by atoms with van der Waals surface area (Å²) in [6, 6.07) is 0. The summed E-state index contributed by atoms with van der Waals surface area (Å²) >= 11 is 0. The Morgan fingerprint density at radius 1 is 0.239 bits per heavy atom. The third-order valence-corrected chi connectivity index (χ3v) is 20.7. The number of allylic oxidation sites excluding steroid dienone is 32. The highest BCUT2D eigenvalue weighted by Crippen LogP contribution is 2.45. The summed E-state index contributed by atoms with van der Waals surface area (Å²) in [6.45, 7) is 2.34. The zero-order valence-corrected chi connectivity index (χ0v) is 75.1. The smallest absolute Gasteiger partial charge is 0.463 e. The Kier molecular flexibility index (Phi) is 85.3. The molecule has 18 heteroatoms. The van der Waals surface area contributed by atoms with E-state index < -0.39 is 91.5 Å². The number of phosphoric ester groups is 2. The van der Waals surface area contributed by atoms with Crippen molar-refractivity contribution in [1.29, 1.82) is 0 Å². The summed E-state index contributed by atoms with van der Waals surface area (Å²) in [7, 11) is -9.82. The number of ether oxygens (including phenoxy) is 3. The fourth-order valence-electron chi connectivity index (χ4n) is 12.0. The first-order valence-corrected chi connectivity index (χ1v) is 48.7. The van der Waals surface area contributed by atoms with E-state index in [0.717, 1.165) is 199 Å². The Bertz CT molecular complexity index is 2910. The molecule has 0 aromatic carbocycles. The Hall–Kier alpha value is -5.61. The van der Waals surface area contributed by atoms with E-state index in [1.165, 1.54) is 96.3 Å². The van der Waals surface area contributed by atoms with E-state index in [0.29, 0.717) is 19.3 Å². The van der Waals surface area contributed by atoms with Crippen LogP contribution in [0.2, 0.25) is 0 Å². The van der Waals surface area contributed by atoms with Crippen molar-refractivity contribution in [3.8, 4) is 0 Å². The molecule has 0 aromatic heterocycles. The molecular weight excluding hydrogens is 1510 g/mol. The van der Waals surface area contributed by atoms with Gasteiger partial charge >= 0.3 is 33.6 Å². The van der Waals surface area contributed by atoms with E-state index in [1.54, 1.807) is 0 Å². The number of unbranched alkanes of at least 4 members (excludes halogenated alkanes) is 30. The molecule has 0 heterocycles. The summed E-state index contributed by atoms with van der Waals surface area (Å²) in [6.07, 6.45) is 119. The maximum Gasteiger partial charge on any atom is 0.472 e. The van der Waals surface area contributed by atoms with Crippen LogP contribution in [0.5, 0.6) is 0 Å². The maximum atomic E-state index is 13.1. The van der Waals surface area contributed by atoms with Gasteiger partial charge in [0.1, 0.15) is 25.4 Å². The highest BCUT2D eigenvalue weighted by Gasteiger charge is 2.29. The molecule has 0 bridgehead atoms. The van der Waals surface area contributed by atoms with Gasteiger partial charge in [-0.3, -0.25) is 32.5 Å². The van der Waals surface area contributed by atoms with Crippen LogP contribution in [0.25, 0.3) is 0 Å². The molecule has 0 spiro atoms. The number of aliphatic hydroxyl groups excluding tert-OH is 2. The number of rotatable bonds is 85. The third-order valence-electron chi connectivity index (χ3n) is 18.8. The Morgan fingerprint density at radius 2 is 0.427 bits per heavy atom. The molecule has 0 rings (SSSR count). The lowest BCUT2D eigenvalue weighted by Gasteiger charge is -2.21. The monoisotopic (exact) mass is 1670 g/mol. The van der Waals surface area contributed by atoms with E-state index in [4.69, 9.17) is 32.3 Å². The topological polar surface area (TPSA) is 231 Å². The van der Waals surface area contributed by atoms with Crippen LogP contribution >= 0.6 is 15.6 Å². The summed E-state index contributed by atoms with van der Waals surface area (Å²) in [5.74, 6) is -1.59. The molecule has 4 N–H and O–H groups in total. The molecule has 0 saturated carbocycles. The van der Waals surface area contributed by atoms with Gasteiger partial charge in [0.05, 0.1) is 26.4 Å². The summed E-state index contributed by atoms with van der Waals surface area (Å²) < 4.78 is 61.4. The van der Waals surface area contributed by atoms with Crippen molar-refractivity contribution >= 4 is 33.6 Å². The zero-order chi connectivity index (χ0) is 85.1. The molecule has 0 radical (unpaired) electrons. The second kappa shape index (κ2) is 89.6. The van der Waals surface area contributed by atoms with Crippen LogP contribution in [-0.4, -0.2) is 95.9 Å². The van der Waals surface area contributed by atoms with E-state index in [2.05, 4.69) is 215 Å². The number of phosphoric acid groups is 2. The van der Waals surface area contributed by atoms with Gasteiger partial charge in [0.2, 0.25) is 0 Å². The summed E-state index contributed by atoms with van der Waals surface area (Å²) in [4.78, 5) is 59.0. The molecular formula is C99H164O16P2. The second-order valence-corrected chi connectivity index (χ2v) is 32.9. The first kappa shape index (κ1) is 111.